The van der Waals surface area contributed by atoms with Crippen molar-refractivity contribution in [2.45, 2.75) is 56.5 Å². The molecule has 4 atom stereocenters. The quantitative estimate of drug-likeness (QED) is 0.343. The second-order valence-electron chi connectivity index (χ2n) is 6.48. The molecule has 2 rings (SSSR count). The van der Waals surface area contributed by atoms with Gasteiger partial charge in [-0.1, -0.05) is 66.0 Å². The maximum absolute atomic E-state index is 12.1. The van der Waals surface area contributed by atoms with Crippen LogP contribution < -0.4 is 0 Å². The van der Waals surface area contributed by atoms with Gasteiger partial charge in [0, 0.05) is 9.84 Å². The number of hydrogen-bond acceptors (Lipinski definition) is 2. The summed E-state index contributed by atoms with van der Waals surface area (Å²) in [7, 11) is 0. The van der Waals surface area contributed by atoms with Gasteiger partial charge in [0.2, 0.25) is 0 Å². The molecule has 0 spiro atoms. The molecule has 0 heterocycles. The first kappa shape index (κ1) is 15.3. The summed E-state index contributed by atoms with van der Waals surface area (Å²) in [5.74, 6) is 0.736. The average molecular weight is 476 g/mol. The molecule has 0 aliphatic heterocycles. The van der Waals surface area contributed by atoms with E-state index < -0.39 is 0 Å². The lowest BCUT2D eigenvalue weighted by Gasteiger charge is -2.38. The standard InChI is InChI=1S/C14H22I2O2/c1-13(2)9-4-6-14(13,3)11(8-9)18-12(17)10(16)5-7-15/h9-11H,4-8H2,1-3H3. The molecule has 4 unspecified atom stereocenters. The van der Waals surface area contributed by atoms with E-state index >= 15 is 0 Å². The number of carbonyl (C=O) groups excluding carboxylic acids is 1. The minimum Gasteiger partial charge on any atom is -0.461 e. The normalized spacial score (nSPS) is 38.7. The van der Waals surface area contributed by atoms with Crippen LogP contribution in [0, 0.1) is 16.7 Å². The molecule has 4 heteroatoms. The van der Waals surface area contributed by atoms with Crippen LogP contribution >= 0.6 is 45.2 Å². The Bertz CT molecular complexity index is 343. The highest BCUT2D eigenvalue weighted by molar-refractivity contribution is 14.1. The maximum atomic E-state index is 12.1. The second-order valence-corrected chi connectivity index (χ2v) is 9.06. The lowest BCUT2D eigenvalue weighted by Crippen LogP contribution is -2.39. The number of rotatable bonds is 4. The summed E-state index contributed by atoms with van der Waals surface area (Å²) in [6.45, 7) is 7.02. The Kier molecular flexibility index (Phi) is 4.57. The third-order valence-electron chi connectivity index (χ3n) is 5.59. The maximum Gasteiger partial charge on any atom is 0.319 e. The third kappa shape index (κ3) is 2.33. The molecule has 0 N–H and O–H groups in total. The summed E-state index contributed by atoms with van der Waals surface area (Å²) < 4.78 is 6.88. The van der Waals surface area contributed by atoms with Gasteiger partial charge >= 0.3 is 5.97 Å². The number of carbonyl (C=O) groups is 1. The van der Waals surface area contributed by atoms with Gasteiger partial charge in [-0.3, -0.25) is 4.79 Å². The fraction of sp³-hybridized carbons (Fsp3) is 0.929. The van der Waals surface area contributed by atoms with Crippen LogP contribution in [0.25, 0.3) is 0 Å². The van der Waals surface area contributed by atoms with E-state index in [1.165, 1.54) is 12.8 Å². The molecule has 2 saturated carbocycles. The zero-order chi connectivity index (χ0) is 13.6. The van der Waals surface area contributed by atoms with Crippen molar-refractivity contribution in [3.8, 4) is 0 Å². The van der Waals surface area contributed by atoms with Crippen LogP contribution in [-0.4, -0.2) is 20.4 Å². The Labute approximate surface area is 137 Å². The van der Waals surface area contributed by atoms with Gasteiger partial charge in [0.25, 0.3) is 0 Å². The first-order chi connectivity index (χ1) is 8.33. The molecule has 18 heavy (non-hydrogen) atoms. The number of ether oxygens (including phenoxy) is 1. The fourth-order valence-corrected chi connectivity index (χ4v) is 6.01. The van der Waals surface area contributed by atoms with Gasteiger partial charge in [-0.25, -0.2) is 0 Å². The smallest absolute Gasteiger partial charge is 0.319 e. The third-order valence-corrected chi connectivity index (χ3v) is 7.34. The van der Waals surface area contributed by atoms with Gasteiger partial charge < -0.3 is 4.74 Å². The molecular weight excluding hydrogens is 454 g/mol. The summed E-state index contributed by atoms with van der Waals surface area (Å²) in [5, 5.41) is 0. The largest absolute Gasteiger partial charge is 0.461 e. The van der Waals surface area contributed by atoms with Crippen molar-refractivity contribution in [3.63, 3.8) is 0 Å². The molecule has 0 saturated heterocycles. The summed E-state index contributed by atoms with van der Waals surface area (Å²) in [4.78, 5) is 12.1. The van der Waals surface area contributed by atoms with Gasteiger partial charge in [-0.05, 0) is 37.0 Å². The van der Waals surface area contributed by atoms with Crippen molar-refractivity contribution < 1.29 is 9.53 Å². The van der Waals surface area contributed by atoms with E-state index in [-0.39, 0.29) is 21.4 Å². The molecule has 2 bridgehead atoms. The lowest BCUT2D eigenvalue weighted by molar-refractivity contribution is -0.155. The SMILES string of the molecule is CC1(C)C2CCC1(C)C(OC(=O)C(I)CCI)C2. The van der Waals surface area contributed by atoms with Crippen LogP contribution in [0.1, 0.15) is 46.5 Å². The number of fused-ring (bicyclic) bond motifs is 2. The molecule has 2 nitrogen and oxygen atoms in total. The topological polar surface area (TPSA) is 26.3 Å². The van der Waals surface area contributed by atoms with Crippen molar-refractivity contribution in [3.05, 3.63) is 0 Å². The molecule has 104 valence electrons. The van der Waals surface area contributed by atoms with E-state index in [4.69, 9.17) is 4.74 Å². The minimum absolute atomic E-state index is 0.00170. The van der Waals surface area contributed by atoms with E-state index in [1.54, 1.807) is 0 Å². The molecule has 0 radical (unpaired) electrons. The van der Waals surface area contributed by atoms with Crippen molar-refractivity contribution in [2.24, 2.45) is 16.7 Å². The van der Waals surface area contributed by atoms with Crippen molar-refractivity contribution >= 4 is 51.2 Å². The number of alkyl halides is 2. The first-order valence-corrected chi connectivity index (χ1v) is 9.50. The average Bonchev–Trinajstić information content (AvgIpc) is 2.62. The summed E-state index contributed by atoms with van der Waals surface area (Å²) in [5.41, 5.74) is 0.510. The Morgan fingerprint density at radius 1 is 1.44 bits per heavy atom. The Hall–Kier alpha value is 0.930. The molecule has 2 aliphatic carbocycles. The highest BCUT2D eigenvalue weighted by atomic mass is 127. The van der Waals surface area contributed by atoms with Gasteiger partial charge in [-0.15, -0.1) is 0 Å². The van der Waals surface area contributed by atoms with E-state index in [0.29, 0.717) is 5.41 Å². The zero-order valence-electron chi connectivity index (χ0n) is 11.3. The van der Waals surface area contributed by atoms with Gasteiger partial charge in [0.1, 0.15) is 10.0 Å². The van der Waals surface area contributed by atoms with Crippen molar-refractivity contribution in [2.75, 3.05) is 4.43 Å². The summed E-state index contributed by atoms with van der Waals surface area (Å²) in [6.07, 6.45) is 4.64. The number of halogens is 2. The van der Waals surface area contributed by atoms with Crippen molar-refractivity contribution in [1.82, 2.24) is 0 Å². The molecular formula is C14H22I2O2. The second kappa shape index (κ2) is 5.37. The van der Waals surface area contributed by atoms with Crippen LogP contribution in [0.3, 0.4) is 0 Å². The summed E-state index contributed by atoms with van der Waals surface area (Å²) in [6, 6.07) is 0. The molecule has 0 aromatic heterocycles. The molecule has 2 fully saturated rings. The van der Waals surface area contributed by atoms with E-state index in [9.17, 15) is 4.79 Å². The van der Waals surface area contributed by atoms with Gasteiger partial charge in [0.05, 0.1) is 0 Å². The first-order valence-electron chi connectivity index (χ1n) is 6.73. The zero-order valence-corrected chi connectivity index (χ0v) is 15.7. The Morgan fingerprint density at radius 2 is 2.11 bits per heavy atom. The number of hydrogen-bond donors (Lipinski definition) is 0. The van der Waals surface area contributed by atoms with Gasteiger partial charge in [0.15, 0.2) is 0 Å². The summed E-state index contributed by atoms with van der Waals surface area (Å²) >= 11 is 4.53. The highest BCUT2D eigenvalue weighted by Gasteiger charge is 2.62. The van der Waals surface area contributed by atoms with Crippen LogP contribution in [0.15, 0.2) is 0 Å². The van der Waals surface area contributed by atoms with Crippen LogP contribution in [-0.2, 0) is 9.53 Å². The van der Waals surface area contributed by atoms with Crippen LogP contribution in [0.2, 0.25) is 0 Å². The lowest BCUT2D eigenvalue weighted by atomic mass is 9.70. The minimum atomic E-state index is 0.00170. The Balaban J connectivity index is 2.03. The van der Waals surface area contributed by atoms with Crippen molar-refractivity contribution in [1.29, 1.82) is 0 Å². The molecule has 0 aromatic rings. The highest BCUT2D eigenvalue weighted by Crippen LogP contribution is 2.66. The predicted molar refractivity (Wildman–Crippen MR) is 90.4 cm³/mol. The molecule has 2 aliphatic rings. The van der Waals surface area contributed by atoms with Crippen LogP contribution in [0.5, 0.6) is 0 Å². The molecule has 0 aromatic carbocycles. The van der Waals surface area contributed by atoms with E-state index in [0.717, 1.165) is 23.2 Å². The fourth-order valence-electron chi connectivity index (χ4n) is 3.74. The number of esters is 1. The van der Waals surface area contributed by atoms with E-state index in [1.807, 2.05) is 0 Å². The Morgan fingerprint density at radius 3 is 2.56 bits per heavy atom. The molecule has 0 amide bonds. The monoisotopic (exact) mass is 476 g/mol. The predicted octanol–water partition coefficient (Wildman–Crippen LogP) is 4.37. The van der Waals surface area contributed by atoms with Crippen LogP contribution in [0.4, 0.5) is 0 Å². The van der Waals surface area contributed by atoms with Gasteiger partial charge in [-0.2, -0.15) is 0 Å². The van der Waals surface area contributed by atoms with E-state index in [2.05, 4.69) is 66.0 Å².